The van der Waals surface area contributed by atoms with Gasteiger partial charge in [0, 0.05) is 14.8 Å². The number of nitriles is 2. The number of hydrogen-bond acceptors (Lipinski definition) is 3. The predicted octanol–water partition coefficient (Wildman–Crippen LogP) is 6.41. The molecule has 0 bridgehead atoms. The van der Waals surface area contributed by atoms with Gasteiger partial charge in [0.1, 0.15) is 17.7 Å². The van der Waals surface area contributed by atoms with Gasteiger partial charge in [-0.3, -0.25) is 0 Å². The van der Waals surface area contributed by atoms with Gasteiger partial charge >= 0.3 is 0 Å². The molecule has 118 valence electrons. The van der Waals surface area contributed by atoms with Crippen LogP contribution in [0.15, 0.2) is 65.1 Å². The van der Waals surface area contributed by atoms with Crippen molar-refractivity contribution >= 4 is 39.9 Å². The monoisotopic (exact) mass is 370 g/mol. The summed E-state index contributed by atoms with van der Waals surface area (Å²) in [6.07, 6.45) is 3.25. The van der Waals surface area contributed by atoms with E-state index in [2.05, 4.69) is 0 Å². The molecule has 5 heteroatoms. The standard InChI is InChI=1S/C19H12Cl2N2S/c1-13-2-5-15(6-3-13)18(9-4-14(11-22)12-23)24-19-10-16(20)7-8-17(19)21/h2-10H,1H3/b18-9-. The first kappa shape index (κ1) is 18.2. The van der Waals surface area contributed by atoms with E-state index in [-0.39, 0.29) is 5.57 Å². The summed E-state index contributed by atoms with van der Waals surface area (Å²) in [6.45, 7) is 2.01. The third-order valence-corrected chi connectivity index (χ3v) is 4.92. The van der Waals surface area contributed by atoms with Crippen LogP contribution in [0.25, 0.3) is 4.91 Å². The highest BCUT2D eigenvalue weighted by atomic mass is 35.5. The Kier molecular flexibility index (Phi) is 6.53. The van der Waals surface area contributed by atoms with Crippen LogP contribution in [-0.2, 0) is 0 Å². The molecule has 0 atom stereocenters. The Hall–Kier alpha value is -2.17. The first-order valence-electron chi connectivity index (χ1n) is 6.95. The van der Waals surface area contributed by atoms with Crippen LogP contribution >= 0.6 is 35.0 Å². The molecule has 0 amide bonds. The first-order chi connectivity index (χ1) is 11.5. The molecule has 0 aliphatic carbocycles. The van der Waals surface area contributed by atoms with Gasteiger partial charge in [-0.15, -0.1) is 0 Å². The molecule has 0 radical (unpaired) electrons. The highest BCUT2D eigenvalue weighted by Crippen LogP contribution is 2.39. The van der Waals surface area contributed by atoms with Gasteiger partial charge < -0.3 is 0 Å². The Morgan fingerprint density at radius 2 is 1.67 bits per heavy atom. The molecule has 24 heavy (non-hydrogen) atoms. The first-order valence-corrected chi connectivity index (χ1v) is 8.53. The number of allylic oxidation sites excluding steroid dienone is 3. The zero-order chi connectivity index (χ0) is 17.5. The van der Waals surface area contributed by atoms with E-state index in [0.29, 0.717) is 10.0 Å². The molecule has 0 aliphatic heterocycles. The summed E-state index contributed by atoms with van der Waals surface area (Å²) < 4.78 is 0. The van der Waals surface area contributed by atoms with E-state index in [9.17, 15) is 0 Å². The molecule has 0 unspecified atom stereocenters. The van der Waals surface area contributed by atoms with Gasteiger partial charge in [0.25, 0.3) is 0 Å². The van der Waals surface area contributed by atoms with Crippen LogP contribution in [0.3, 0.4) is 0 Å². The highest BCUT2D eigenvalue weighted by molar-refractivity contribution is 8.08. The van der Waals surface area contributed by atoms with Crippen molar-refractivity contribution in [2.75, 3.05) is 0 Å². The smallest absolute Gasteiger partial charge is 0.129 e. The summed E-state index contributed by atoms with van der Waals surface area (Å²) in [5, 5.41) is 19.0. The minimum absolute atomic E-state index is 0.0393. The molecule has 2 nitrogen and oxygen atoms in total. The summed E-state index contributed by atoms with van der Waals surface area (Å²) in [5.41, 5.74) is 2.15. The second kappa shape index (κ2) is 8.62. The minimum atomic E-state index is 0.0393. The average Bonchev–Trinajstić information content (AvgIpc) is 2.58. The number of nitrogens with zero attached hydrogens (tertiary/aromatic N) is 2. The van der Waals surface area contributed by atoms with Gasteiger partial charge in [-0.2, -0.15) is 10.5 Å². The van der Waals surface area contributed by atoms with Crippen molar-refractivity contribution in [3.8, 4) is 12.1 Å². The Balaban J connectivity index is 2.47. The molecule has 0 saturated heterocycles. The lowest BCUT2D eigenvalue weighted by Gasteiger charge is -2.09. The van der Waals surface area contributed by atoms with Crippen LogP contribution in [0, 0.1) is 29.6 Å². The SMILES string of the molecule is Cc1ccc(/C(=C/C=C(C#N)C#N)Sc2cc(Cl)ccc2Cl)cc1. The third kappa shape index (κ3) is 4.91. The summed E-state index contributed by atoms with van der Waals surface area (Å²) in [7, 11) is 0. The second-order valence-corrected chi connectivity index (χ2v) is 6.81. The summed E-state index contributed by atoms with van der Waals surface area (Å²) >= 11 is 13.7. The second-order valence-electron chi connectivity index (χ2n) is 4.88. The van der Waals surface area contributed by atoms with Crippen LogP contribution < -0.4 is 0 Å². The maximum absolute atomic E-state index is 8.90. The molecule has 0 fully saturated rings. The molecule has 0 heterocycles. The van der Waals surface area contributed by atoms with Crippen molar-refractivity contribution in [1.29, 1.82) is 10.5 Å². The maximum Gasteiger partial charge on any atom is 0.129 e. The normalized spacial score (nSPS) is 10.6. The van der Waals surface area contributed by atoms with Gasteiger partial charge in [0.15, 0.2) is 0 Å². The zero-order valence-corrected chi connectivity index (χ0v) is 15.1. The van der Waals surface area contributed by atoms with Crippen LogP contribution in [0.2, 0.25) is 10.0 Å². The summed E-state index contributed by atoms with van der Waals surface area (Å²) in [6, 6.07) is 16.9. The molecule has 2 aromatic rings. The number of benzene rings is 2. The summed E-state index contributed by atoms with van der Waals surface area (Å²) in [5.74, 6) is 0. The van der Waals surface area contributed by atoms with Crippen molar-refractivity contribution in [2.24, 2.45) is 0 Å². The number of hydrogen-bond donors (Lipinski definition) is 0. The van der Waals surface area contributed by atoms with Gasteiger partial charge in [0.2, 0.25) is 0 Å². The van der Waals surface area contributed by atoms with E-state index < -0.39 is 0 Å². The Bertz CT molecular complexity index is 869. The lowest BCUT2D eigenvalue weighted by atomic mass is 10.1. The molecule has 0 aliphatic rings. The lowest BCUT2D eigenvalue weighted by molar-refractivity contribution is 1.45. The van der Waals surface area contributed by atoms with Crippen molar-refractivity contribution in [3.05, 3.63) is 81.4 Å². The minimum Gasteiger partial charge on any atom is -0.192 e. The van der Waals surface area contributed by atoms with E-state index in [1.807, 2.05) is 43.3 Å². The Labute approximate surface area is 155 Å². The molecular weight excluding hydrogens is 359 g/mol. The molecule has 0 spiro atoms. The van der Waals surface area contributed by atoms with E-state index in [1.165, 1.54) is 17.8 Å². The van der Waals surface area contributed by atoms with E-state index in [4.69, 9.17) is 33.7 Å². The van der Waals surface area contributed by atoms with E-state index in [1.54, 1.807) is 24.3 Å². The van der Waals surface area contributed by atoms with Crippen molar-refractivity contribution in [2.45, 2.75) is 11.8 Å². The lowest BCUT2D eigenvalue weighted by Crippen LogP contribution is -1.83. The van der Waals surface area contributed by atoms with Gasteiger partial charge in [0.05, 0.1) is 5.02 Å². The fourth-order valence-corrected chi connectivity index (χ4v) is 3.29. The predicted molar refractivity (Wildman–Crippen MR) is 101 cm³/mol. The van der Waals surface area contributed by atoms with E-state index in [0.717, 1.165) is 20.9 Å². The highest BCUT2D eigenvalue weighted by Gasteiger charge is 2.08. The fourth-order valence-electron chi connectivity index (χ4n) is 1.84. The van der Waals surface area contributed by atoms with Crippen molar-refractivity contribution in [1.82, 2.24) is 0 Å². The molecular formula is C19H12Cl2N2S. The van der Waals surface area contributed by atoms with Gasteiger partial charge in [-0.1, -0.05) is 64.8 Å². The van der Waals surface area contributed by atoms with Crippen LogP contribution in [0.1, 0.15) is 11.1 Å². The molecule has 2 rings (SSSR count). The largest absolute Gasteiger partial charge is 0.192 e. The molecule has 2 aromatic carbocycles. The van der Waals surface area contributed by atoms with Crippen molar-refractivity contribution < 1.29 is 0 Å². The van der Waals surface area contributed by atoms with E-state index >= 15 is 0 Å². The van der Waals surface area contributed by atoms with Crippen molar-refractivity contribution in [3.63, 3.8) is 0 Å². The number of halogens is 2. The molecule has 0 saturated carbocycles. The van der Waals surface area contributed by atoms with Gasteiger partial charge in [-0.25, -0.2) is 0 Å². The molecule has 0 N–H and O–H groups in total. The van der Waals surface area contributed by atoms with Crippen LogP contribution in [0.4, 0.5) is 0 Å². The number of aryl methyl sites for hydroxylation is 1. The maximum atomic E-state index is 8.90. The van der Waals surface area contributed by atoms with Crippen LogP contribution in [0.5, 0.6) is 0 Å². The quantitative estimate of drug-likeness (QED) is 0.354. The third-order valence-electron chi connectivity index (χ3n) is 3.09. The topological polar surface area (TPSA) is 47.6 Å². The summed E-state index contributed by atoms with van der Waals surface area (Å²) in [4.78, 5) is 1.67. The number of thioether (sulfide) groups is 1. The Morgan fingerprint density at radius 1 is 1.00 bits per heavy atom. The zero-order valence-electron chi connectivity index (χ0n) is 12.8. The number of rotatable bonds is 4. The van der Waals surface area contributed by atoms with Gasteiger partial charge in [-0.05, 0) is 42.8 Å². The average molecular weight is 371 g/mol. The van der Waals surface area contributed by atoms with Crippen LogP contribution in [-0.4, -0.2) is 0 Å². The molecule has 0 aromatic heterocycles. The Morgan fingerprint density at radius 3 is 2.29 bits per heavy atom. The fraction of sp³-hybridized carbons (Fsp3) is 0.0526.